The molecule has 0 spiro atoms. The van der Waals surface area contributed by atoms with Gasteiger partial charge in [0.25, 0.3) is 0 Å². The predicted molar refractivity (Wildman–Crippen MR) is 80.8 cm³/mol. The second-order valence-corrected chi connectivity index (χ2v) is 6.45. The lowest BCUT2D eigenvalue weighted by Crippen LogP contribution is -2.39. The summed E-state index contributed by atoms with van der Waals surface area (Å²) >= 11 is 0. The second kappa shape index (κ2) is 7.76. The largest absolute Gasteiger partial charge is 0.481 e. The molecule has 0 fully saturated rings. The van der Waals surface area contributed by atoms with Gasteiger partial charge in [0.1, 0.15) is 0 Å². The molecule has 1 unspecified atom stereocenters. The first-order chi connectivity index (χ1) is 9.76. The van der Waals surface area contributed by atoms with Gasteiger partial charge in [0.15, 0.2) is 0 Å². The smallest absolute Gasteiger partial charge is 0.305 e. The summed E-state index contributed by atoms with van der Waals surface area (Å²) in [4.78, 5) is 27.0. The van der Waals surface area contributed by atoms with Crippen LogP contribution in [0.1, 0.15) is 45.7 Å². The van der Waals surface area contributed by atoms with Crippen LogP contribution in [0.3, 0.4) is 0 Å². The first kappa shape index (κ1) is 17.1. The van der Waals surface area contributed by atoms with E-state index in [-0.39, 0.29) is 23.8 Å². The molecule has 5 heteroatoms. The van der Waals surface area contributed by atoms with Crippen LogP contribution in [-0.4, -0.2) is 28.0 Å². The Hall–Kier alpha value is -1.91. The maximum atomic E-state index is 12.0. The molecule has 0 saturated carbocycles. The number of carbonyl (C=O) groups excluding carboxylic acids is 1. The number of aryl methyl sites for hydroxylation is 1. The van der Waals surface area contributed by atoms with E-state index in [1.54, 1.807) is 6.20 Å². The summed E-state index contributed by atoms with van der Waals surface area (Å²) in [5, 5.41) is 11.8. The monoisotopic (exact) mass is 292 g/mol. The molecule has 21 heavy (non-hydrogen) atoms. The fourth-order valence-electron chi connectivity index (χ4n) is 2.21. The summed E-state index contributed by atoms with van der Waals surface area (Å²) in [5.74, 6) is -1.02. The van der Waals surface area contributed by atoms with Crippen LogP contribution in [0, 0.1) is 5.41 Å². The van der Waals surface area contributed by atoms with Crippen molar-refractivity contribution in [2.75, 3.05) is 0 Å². The first-order valence-electron chi connectivity index (χ1n) is 7.17. The Labute approximate surface area is 125 Å². The van der Waals surface area contributed by atoms with Gasteiger partial charge < -0.3 is 10.4 Å². The third-order valence-electron chi connectivity index (χ3n) is 2.98. The number of hydrogen-bond donors (Lipinski definition) is 2. The lowest BCUT2D eigenvalue weighted by molar-refractivity contribution is -0.137. The van der Waals surface area contributed by atoms with Crippen molar-refractivity contribution in [2.45, 2.75) is 52.5 Å². The van der Waals surface area contributed by atoms with Crippen molar-refractivity contribution < 1.29 is 14.7 Å². The van der Waals surface area contributed by atoms with Crippen molar-refractivity contribution in [3.05, 3.63) is 30.1 Å². The summed E-state index contributed by atoms with van der Waals surface area (Å²) < 4.78 is 0. The van der Waals surface area contributed by atoms with Gasteiger partial charge in [-0.2, -0.15) is 0 Å². The maximum Gasteiger partial charge on any atom is 0.305 e. The van der Waals surface area contributed by atoms with Crippen LogP contribution in [0.4, 0.5) is 0 Å². The van der Waals surface area contributed by atoms with Crippen molar-refractivity contribution in [2.24, 2.45) is 5.41 Å². The molecule has 0 saturated heterocycles. The van der Waals surface area contributed by atoms with Crippen LogP contribution < -0.4 is 5.32 Å². The molecular formula is C16H24N2O3. The normalized spacial score (nSPS) is 12.7. The zero-order valence-corrected chi connectivity index (χ0v) is 12.9. The molecule has 0 aliphatic heterocycles. The molecule has 1 amide bonds. The van der Waals surface area contributed by atoms with Crippen LogP contribution in [0.25, 0.3) is 0 Å². The second-order valence-electron chi connectivity index (χ2n) is 6.45. The molecule has 0 radical (unpaired) electrons. The van der Waals surface area contributed by atoms with E-state index in [9.17, 15) is 9.59 Å². The Morgan fingerprint density at radius 3 is 2.57 bits per heavy atom. The van der Waals surface area contributed by atoms with E-state index in [2.05, 4.69) is 10.3 Å². The summed E-state index contributed by atoms with van der Waals surface area (Å²) in [6.07, 6.45) is 3.15. The Bertz CT molecular complexity index is 466. The number of pyridine rings is 1. The molecule has 5 nitrogen and oxygen atoms in total. The highest BCUT2D eigenvalue weighted by Gasteiger charge is 2.22. The first-order valence-corrected chi connectivity index (χ1v) is 7.17. The SMILES string of the molecule is CC(C)(C)CC(CC(=O)O)NC(=O)CCc1ccccn1. The van der Waals surface area contributed by atoms with E-state index < -0.39 is 5.97 Å². The Morgan fingerprint density at radius 2 is 2.05 bits per heavy atom. The minimum atomic E-state index is -0.894. The molecule has 116 valence electrons. The van der Waals surface area contributed by atoms with Gasteiger partial charge in [0.05, 0.1) is 6.42 Å². The Balaban J connectivity index is 2.49. The van der Waals surface area contributed by atoms with E-state index in [1.165, 1.54) is 0 Å². The summed E-state index contributed by atoms with van der Waals surface area (Å²) in [6, 6.07) is 5.25. The molecule has 0 aliphatic carbocycles. The van der Waals surface area contributed by atoms with Crippen molar-refractivity contribution >= 4 is 11.9 Å². The van der Waals surface area contributed by atoms with E-state index in [0.29, 0.717) is 19.3 Å². The van der Waals surface area contributed by atoms with Gasteiger partial charge in [-0.15, -0.1) is 0 Å². The highest BCUT2D eigenvalue weighted by atomic mass is 16.4. The van der Waals surface area contributed by atoms with Gasteiger partial charge in [-0.1, -0.05) is 26.8 Å². The van der Waals surface area contributed by atoms with Crippen LogP contribution in [0.2, 0.25) is 0 Å². The van der Waals surface area contributed by atoms with Gasteiger partial charge in [-0.05, 0) is 30.4 Å². The minimum Gasteiger partial charge on any atom is -0.481 e. The van der Waals surface area contributed by atoms with Crippen LogP contribution in [0.15, 0.2) is 24.4 Å². The quantitative estimate of drug-likeness (QED) is 0.809. The molecule has 0 aromatic carbocycles. The van der Waals surface area contributed by atoms with Gasteiger partial charge >= 0.3 is 5.97 Å². The van der Waals surface area contributed by atoms with E-state index >= 15 is 0 Å². The van der Waals surface area contributed by atoms with Crippen molar-refractivity contribution in [1.29, 1.82) is 0 Å². The van der Waals surface area contributed by atoms with Crippen molar-refractivity contribution in [3.8, 4) is 0 Å². The topological polar surface area (TPSA) is 79.3 Å². The van der Waals surface area contributed by atoms with Crippen molar-refractivity contribution in [3.63, 3.8) is 0 Å². The molecule has 1 heterocycles. The molecule has 1 aromatic rings. The maximum absolute atomic E-state index is 12.0. The van der Waals surface area contributed by atoms with E-state index in [4.69, 9.17) is 5.11 Å². The van der Waals surface area contributed by atoms with E-state index in [0.717, 1.165) is 5.69 Å². The number of amides is 1. The van der Waals surface area contributed by atoms with Gasteiger partial charge in [-0.3, -0.25) is 14.6 Å². The number of aliphatic carboxylic acids is 1. The molecule has 1 rings (SSSR count). The Kier molecular flexibility index (Phi) is 6.34. The lowest BCUT2D eigenvalue weighted by atomic mass is 9.87. The summed E-state index contributed by atoms with van der Waals surface area (Å²) in [7, 11) is 0. The number of rotatable bonds is 7. The van der Waals surface area contributed by atoms with Gasteiger partial charge in [-0.25, -0.2) is 0 Å². The zero-order chi connectivity index (χ0) is 15.9. The summed E-state index contributed by atoms with van der Waals surface area (Å²) in [5.41, 5.74) is 0.826. The molecule has 0 aliphatic rings. The van der Waals surface area contributed by atoms with Gasteiger partial charge in [0.2, 0.25) is 5.91 Å². The Morgan fingerprint density at radius 1 is 1.33 bits per heavy atom. The highest BCUT2D eigenvalue weighted by Crippen LogP contribution is 2.22. The third kappa shape index (κ3) is 8.07. The summed E-state index contributed by atoms with van der Waals surface area (Å²) in [6.45, 7) is 6.09. The zero-order valence-electron chi connectivity index (χ0n) is 12.9. The standard InChI is InChI=1S/C16H24N2O3/c1-16(2,3)11-13(10-15(20)21)18-14(19)8-7-12-6-4-5-9-17-12/h4-6,9,13H,7-8,10-11H2,1-3H3,(H,18,19)(H,20,21). The number of nitrogens with zero attached hydrogens (tertiary/aromatic N) is 1. The van der Waals surface area contributed by atoms with Crippen LogP contribution in [-0.2, 0) is 16.0 Å². The van der Waals surface area contributed by atoms with Gasteiger partial charge in [0, 0.05) is 24.4 Å². The molecule has 1 aromatic heterocycles. The van der Waals surface area contributed by atoms with Crippen LogP contribution >= 0.6 is 0 Å². The predicted octanol–water partition coefficient (Wildman–Crippen LogP) is 2.41. The number of nitrogens with one attached hydrogen (secondary N) is 1. The molecule has 0 bridgehead atoms. The number of hydrogen-bond acceptors (Lipinski definition) is 3. The number of aromatic nitrogens is 1. The molecular weight excluding hydrogens is 268 g/mol. The highest BCUT2D eigenvalue weighted by molar-refractivity contribution is 5.77. The van der Waals surface area contributed by atoms with Crippen LogP contribution in [0.5, 0.6) is 0 Å². The number of carboxylic acid groups (broad SMARTS) is 1. The lowest BCUT2D eigenvalue weighted by Gasteiger charge is -2.25. The fourth-order valence-corrected chi connectivity index (χ4v) is 2.21. The van der Waals surface area contributed by atoms with Crippen molar-refractivity contribution in [1.82, 2.24) is 10.3 Å². The minimum absolute atomic E-state index is 0.0334. The average molecular weight is 292 g/mol. The molecule has 1 atom stereocenters. The third-order valence-corrected chi connectivity index (χ3v) is 2.98. The fraction of sp³-hybridized carbons (Fsp3) is 0.562. The molecule has 2 N–H and O–H groups in total. The van der Waals surface area contributed by atoms with E-state index in [1.807, 2.05) is 39.0 Å². The number of carbonyl (C=O) groups is 2. The average Bonchev–Trinajstić information content (AvgIpc) is 2.34. The number of carboxylic acids is 1.